The van der Waals surface area contributed by atoms with Gasteiger partial charge in [-0.05, 0) is 12.5 Å². The molecule has 0 radical (unpaired) electrons. The van der Waals surface area contributed by atoms with Gasteiger partial charge in [0.15, 0.2) is 0 Å². The van der Waals surface area contributed by atoms with Crippen LogP contribution in [0, 0.1) is 0 Å². The summed E-state index contributed by atoms with van der Waals surface area (Å²) in [5, 5.41) is 2.85. The number of carbonyl (C=O) groups is 1. The molecule has 0 saturated carbocycles. The monoisotopic (exact) mass is 165 g/mol. The first-order valence-electron chi connectivity index (χ1n) is 4.36. The average Bonchev–Trinajstić information content (AvgIpc) is 2.57. The number of fused-ring (bicyclic) bond motifs is 1. The fourth-order valence-electron chi connectivity index (χ4n) is 2.28. The number of nitrogens with one attached hydrogen (secondary N) is 1. The SMILES string of the molecule is CC12CC3=C(CC1O2)C(=O)NC3. The highest BCUT2D eigenvalue weighted by molar-refractivity contribution is 5.97. The lowest BCUT2D eigenvalue weighted by Gasteiger charge is -2.13. The first-order chi connectivity index (χ1) is 5.69. The van der Waals surface area contributed by atoms with Crippen LogP contribution in [-0.2, 0) is 9.53 Å². The smallest absolute Gasteiger partial charge is 0.247 e. The van der Waals surface area contributed by atoms with Gasteiger partial charge in [-0.1, -0.05) is 0 Å². The summed E-state index contributed by atoms with van der Waals surface area (Å²) in [5.74, 6) is 0.127. The number of carbonyl (C=O) groups excluding carboxylic acids is 1. The second-order valence-electron chi connectivity index (χ2n) is 4.06. The van der Waals surface area contributed by atoms with Gasteiger partial charge in [0.05, 0.1) is 11.7 Å². The minimum absolute atomic E-state index is 0.0745. The van der Waals surface area contributed by atoms with Crippen molar-refractivity contribution >= 4 is 5.91 Å². The summed E-state index contributed by atoms with van der Waals surface area (Å²) in [6.45, 7) is 2.88. The van der Waals surface area contributed by atoms with E-state index < -0.39 is 0 Å². The van der Waals surface area contributed by atoms with E-state index in [-0.39, 0.29) is 11.5 Å². The predicted octanol–water partition coefficient (Wildman–Crippen LogP) is 0.364. The number of epoxide rings is 1. The van der Waals surface area contributed by atoms with Gasteiger partial charge in [-0.25, -0.2) is 0 Å². The lowest BCUT2D eigenvalue weighted by molar-refractivity contribution is -0.116. The molecule has 3 rings (SSSR count). The number of ether oxygens (including phenoxy) is 1. The van der Waals surface area contributed by atoms with Gasteiger partial charge < -0.3 is 10.1 Å². The van der Waals surface area contributed by atoms with Gasteiger partial charge in [0.1, 0.15) is 0 Å². The number of amides is 1. The molecule has 1 aliphatic carbocycles. The van der Waals surface area contributed by atoms with Crippen molar-refractivity contribution in [3.63, 3.8) is 0 Å². The summed E-state index contributed by atoms with van der Waals surface area (Å²) in [7, 11) is 0. The molecular weight excluding hydrogens is 154 g/mol. The molecule has 1 saturated heterocycles. The molecule has 1 fully saturated rings. The van der Waals surface area contributed by atoms with Gasteiger partial charge >= 0.3 is 0 Å². The van der Waals surface area contributed by atoms with Crippen LogP contribution >= 0.6 is 0 Å². The fraction of sp³-hybridized carbons (Fsp3) is 0.667. The van der Waals surface area contributed by atoms with E-state index in [2.05, 4.69) is 12.2 Å². The third-order valence-electron chi connectivity index (χ3n) is 3.15. The van der Waals surface area contributed by atoms with E-state index in [0.29, 0.717) is 6.10 Å². The normalized spacial score (nSPS) is 43.8. The van der Waals surface area contributed by atoms with Gasteiger partial charge in [-0.3, -0.25) is 4.79 Å². The number of hydrogen-bond acceptors (Lipinski definition) is 2. The van der Waals surface area contributed by atoms with Crippen LogP contribution in [0.3, 0.4) is 0 Å². The standard InChI is InChI=1S/C9H11NO2/c1-9-3-5-4-10-8(11)6(5)2-7(9)12-9/h7H,2-4H2,1H3,(H,10,11). The third-order valence-corrected chi connectivity index (χ3v) is 3.15. The Balaban J connectivity index is 1.98. The molecule has 0 aromatic heterocycles. The van der Waals surface area contributed by atoms with E-state index in [1.807, 2.05) is 0 Å². The molecular formula is C9H11NO2. The van der Waals surface area contributed by atoms with Crippen molar-refractivity contribution in [1.82, 2.24) is 5.32 Å². The second kappa shape index (κ2) is 1.74. The van der Waals surface area contributed by atoms with Crippen LogP contribution in [0.2, 0.25) is 0 Å². The fourth-order valence-corrected chi connectivity index (χ4v) is 2.28. The van der Waals surface area contributed by atoms with Crippen molar-refractivity contribution in [1.29, 1.82) is 0 Å². The zero-order valence-electron chi connectivity index (χ0n) is 7.02. The summed E-state index contributed by atoms with van der Waals surface area (Å²) in [4.78, 5) is 11.3. The Bertz CT molecular complexity index is 308. The van der Waals surface area contributed by atoms with E-state index in [4.69, 9.17) is 4.74 Å². The van der Waals surface area contributed by atoms with Crippen LogP contribution in [-0.4, -0.2) is 24.2 Å². The molecule has 3 nitrogen and oxygen atoms in total. The van der Waals surface area contributed by atoms with Crippen molar-refractivity contribution in [2.45, 2.75) is 31.5 Å². The van der Waals surface area contributed by atoms with E-state index in [9.17, 15) is 4.79 Å². The summed E-state index contributed by atoms with van der Waals surface area (Å²) >= 11 is 0. The minimum Gasteiger partial charge on any atom is -0.366 e. The molecule has 3 aliphatic rings. The van der Waals surface area contributed by atoms with E-state index in [1.165, 1.54) is 5.57 Å². The molecule has 0 bridgehead atoms. The topological polar surface area (TPSA) is 41.6 Å². The lowest BCUT2D eigenvalue weighted by atomic mass is 9.86. The largest absolute Gasteiger partial charge is 0.366 e. The number of rotatable bonds is 0. The summed E-state index contributed by atoms with van der Waals surface area (Å²) in [6, 6.07) is 0. The first kappa shape index (κ1) is 6.66. The molecule has 2 heterocycles. The molecule has 2 atom stereocenters. The van der Waals surface area contributed by atoms with Crippen LogP contribution in [0.4, 0.5) is 0 Å². The highest BCUT2D eigenvalue weighted by atomic mass is 16.6. The molecule has 0 aromatic carbocycles. The molecule has 3 heteroatoms. The van der Waals surface area contributed by atoms with Crippen LogP contribution in [0.15, 0.2) is 11.1 Å². The van der Waals surface area contributed by atoms with Crippen molar-refractivity contribution in [3.05, 3.63) is 11.1 Å². The summed E-state index contributed by atoms with van der Waals surface area (Å²) in [6.07, 6.45) is 2.10. The van der Waals surface area contributed by atoms with Crippen LogP contribution in [0.25, 0.3) is 0 Å². The molecule has 1 N–H and O–H groups in total. The molecule has 2 unspecified atom stereocenters. The molecule has 1 amide bonds. The predicted molar refractivity (Wildman–Crippen MR) is 42.5 cm³/mol. The zero-order chi connectivity index (χ0) is 8.34. The third kappa shape index (κ3) is 0.672. The van der Waals surface area contributed by atoms with E-state index in [0.717, 1.165) is 25.0 Å². The molecule has 0 spiro atoms. The van der Waals surface area contributed by atoms with Gasteiger partial charge in [0.2, 0.25) is 5.91 Å². The van der Waals surface area contributed by atoms with Crippen LogP contribution < -0.4 is 5.32 Å². The van der Waals surface area contributed by atoms with Gasteiger partial charge in [-0.2, -0.15) is 0 Å². The van der Waals surface area contributed by atoms with Gasteiger partial charge in [0, 0.05) is 25.0 Å². The Labute approximate surface area is 70.8 Å². The van der Waals surface area contributed by atoms with Crippen molar-refractivity contribution in [2.24, 2.45) is 0 Å². The first-order valence-corrected chi connectivity index (χ1v) is 4.36. The van der Waals surface area contributed by atoms with Crippen LogP contribution in [0.1, 0.15) is 19.8 Å². The van der Waals surface area contributed by atoms with Gasteiger partial charge in [-0.15, -0.1) is 0 Å². The zero-order valence-corrected chi connectivity index (χ0v) is 7.02. The maximum Gasteiger partial charge on any atom is 0.247 e. The average molecular weight is 165 g/mol. The van der Waals surface area contributed by atoms with E-state index in [1.54, 1.807) is 0 Å². The quantitative estimate of drug-likeness (QED) is 0.527. The molecule has 64 valence electrons. The highest BCUT2D eigenvalue weighted by Crippen LogP contribution is 2.50. The van der Waals surface area contributed by atoms with Gasteiger partial charge in [0.25, 0.3) is 0 Å². The Morgan fingerprint density at radius 3 is 3.33 bits per heavy atom. The highest BCUT2D eigenvalue weighted by Gasteiger charge is 2.56. The van der Waals surface area contributed by atoms with Crippen LogP contribution in [0.5, 0.6) is 0 Å². The van der Waals surface area contributed by atoms with E-state index >= 15 is 0 Å². The maximum absolute atomic E-state index is 11.3. The van der Waals surface area contributed by atoms with Crippen molar-refractivity contribution in [3.8, 4) is 0 Å². The Kier molecular flexibility index (Phi) is 0.966. The van der Waals surface area contributed by atoms with Crippen molar-refractivity contribution < 1.29 is 9.53 Å². The second-order valence-corrected chi connectivity index (χ2v) is 4.06. The maximum atomic E-state index is 11.3. The Morgan fingerprint density at radius 1 is 1.67 bits per heavy atom. The number of hydrogen-bond donors (Lipinski definition) is 1. The lowest BCUT2D eigenvalue weighted by Crippen LogP contribution is -2.19. The minimum atomic E-state index is 0.0745. The van der Waals surface area contributed by atoms with Crippen molar-refractivity contribution in [2.75, 3.05) is 6.54 Å². The molecule has 12 heavy (non-hydrogen) atoms. The Hall–Kier alpha value is -0.830. The Morgan fingerprint density at radius 2 is 2.50 bits per heavy atom. The molecule has 0 aromatic rings. The molecule has 2 aliphatic heterocycles. The summed E-state index contributed by atoms with van der Waals surface area (Å²) < 4.78 is 5.53. The summed E-state index contributed by atoms with van der Waals surface area (Å²) in [5.41, 5.74) is 2.34.